The Balaban J connectivity index is 3.25. The Labute approximate surface area is 144 Å². The van der Waals surface area contributed by atoms with E-state index in [0.29, 0.717) is 29.6 Å². The zero-order chi connectivity index (χ0) is 18.1. The van der Waals surface area contributed by atoms with Crippen LogP contribution in [0.2, 0.25) is 0 Å². The largest absolute Gasteiger partial charge is 0.492 e. The maximum Gasteiger partial charge on any atom is 0.207 e. The molecule has 0 saturated carbocycles. The Morgan fingerprint density at radius 1 is 0.875 bits per heavy atom. The minimum Gasteiger partial charge on any atom is -0.492 e. The van der Waals surface area contributed by atoms with E-state index in [2.05, 4.69) is 13.2 Å². The Hall–Kier alpha value is -2.14. The van der Waals surface area contributed by atoms with Gasteiger partial charge >= 0.3 is 0 Å². The van der Waals surface area contributed by atoms with Crippen LogP contribution >= 0.6 is 0 Å². The molecule has 0 aliphatic heterocycles. The van der Waals surface area contributed by atoms with Crippen LogP contribution in [0.1, 0.15) is 17.5 Å². The first-order valence-electron chi connectivity index (χ1n) is 7.79. The summed E-state index contributed by atoms with van der Waals surface area (Å²) < 4.78 is 27.7. The molecule has 24 heavy (non-hydrogen) atoms. The molecule has 0 aliphatic carbocycles. The van der Waals surface area contributed by atoms with Gasteiger partial charge in [0.05, 0.1) is 41.2 Å². The second kappa shape index (κ2) is 9.88. The Morgan fingerprint density at radius 3 is 1.88 bits per heavy atom. The molecule has 5 nitrogen and oxygen atoms in total. The monoisotopic (exact) mass is 336 g/mol. The molecule has 1 aromatic rings. The van der Waals surface area contributed by atoms with Crippen molar-refractivity contribution in [3.63, 3.8) is 0 Å². The van der Waals surface area contributed by atoms with Gasteiger partial charge in [-0.15, -0.1) is 13.2 Å². The lowest BCUT2D eigenvalue weighted by atomic mass is 9.98. The van der Waals surface area contributed by atoms with Crippen molar-refractivity contribution >= 4 is 0 Å². The summed E-state index contributed by atoms with van der Waals surface area (Å²) in [6, 6.07) is 0. The predicted octanol–water partition coefficient (Wildman–Crippen LogP) is 3.72. The van der Waals surface area contributed by atoms with Crippen molar-refractivity contribution in [1.82, 2.24) is 0 Å². The molecule has 1 aromatic carbocycles. The van der Waals surface area contributed by atoms with Crippen LogP contribution in [0.3, 0.4) is 0 Å². The number of methoxy groups -OCH3 is 4. The average molecular weight is 336 g/mol. The molecule has 0 fully saturated rings. The summed E-state index contributed by atoms with van der Waals surface area (Å²) in [6.45, 7) is 9.96. The molecule has 1 unspecified atom stereocenters. The SMILES string of the molecule is C=CCOC(C=C)CCc1c(C)c(OC)c(OC)c(OC)c1OC. The molecular formula is C19H28O5. The lowest BCUT2D eigenvalue weighted by Crippen LogP contribution is -2.12. The molecular weight excluding hydrogens is 308 g/mol. The molecule has 0 N–H and O–H groups in total. The molecule has 1 atom stereocenters. The minimum absolute atomic E-state index is 0.0637. The Morgan fingerprint density at radius 2 is 1.42 bits per heavy atom. The molecule has 0 aromatic heterocycles. The van der Waals surface area contributed by atoms with E-state index in [1.54, 1.807) is 40.6 Å². The van der Waals surface area contributed by atoms with Crippen LogP contribution in [0.15, 0.2) is 25.3 Å². The first-order valence-corrected chi connectivity index (χ1v) is 7.79. The molecule has 0 bridgehead atoms. The molecule has 5 heteroatoms. The van der Waals surface area contributed by atoms with E-state index >= 15 is 0 Å². The highest BCUT2D eigenvalue weighted by Crippen LogP contribution is 2.49. The fourth-order valence-electron chi connectivity index (χ4n) is 2.70. The van der Waals surface area contributed by atoms with E-state index in [4.69, 9.17) is 23.7 Å². The van der Waals surface area contributed by atoms with Gasteiger partial charge in [-0.25, -0.2) is 0 Å². The van der Waals surface area contributed by atoms with Gasteiger partial charge in [0.1, 0.15) is 0 Å². The van der Waals surface area contributed by atoms with Crippen LogP contribution in [0, 0.1) is 6.92 Å². The van der Waals surface area contributed by atoms with Gasteiger partial charge in [0.25, 0.3) is 0 Å². The number of hydrogen-bond donors (Lipinski definition) is 0. The summed E-state index contributed by atoms with van der Waals surface area (Å²) in [5, 5.41) is 0. The number of ether oxygens (including phenoxy) is 5. The van der Waals surface area contributed by atoms with Crippen molar-refractivity contribution in [3.8, 4) is 23.0 Å². The van der Waals surface area contributed by atoms with Crippen molar-refractivity contribution in [1.29, 1.82) is 0 Å². The fourth-order valence-corrected chi connectivity index (χ4v) is 2.70. The maximum atomic E-state index is 5.67. The first-order chi connectivity index (χ1) is 11.6. The highest BCUT2D eigenvalue weighted by atomic mass is 16.5. The summed E-state index contributed by atoms with van der Waals surface area (Å²) in [5.41, 5.74) is 1.96. The highest BCUT2D eigenvalue weighted by molar-refractivity contribution is 5.66. The maximum absolute atomic E-state index is 5.67. The molecule has 0 radical (unpaired) electrons. The van der Waals surface area contributed by atoms with Gasteiger partial charge in [-0.3, -0.25) is 0 Å². The summed E-state index contributed by atoms with van der Waals surface area (Å²) in [5.74, 6) is 2.35. The van der Waals surface area contributed by atoms with Crippen molar-refractivity contribution < 1.29 is 23.7 Å². The topological polar surface area (TPSA) is 46.2 Å². The first kappa shape index (κ1) is 19.9. The van der Waals surface area contributed by atoms with Gasteiger partial charge in [0.2, 0.25) is 11.5 Å². The molecule has 0 heterocycles. The third kappa shape index (κ3) is 4.23. The van der Waals surface area contributed by atoms with Crippen LogP contribution in [-0.4, -0.2) is 41.2 Å². The van der Waals surface area contributed by atoms with Gasteiger partial charge in [-0.05, 0) is 19.8 Å². The third-order valence-corrected chi connectivity index (χ3v) is 3.87. The molecule has 134 valence electrons. The molecule has 0 saturated heterocycles. The molecule has 0 spiro atoms. The highest BCUT2D eigenvalue weighted by Gasteiger charge is 2.25. The second-order valence-corrected chi connectivity index (χ2v) is 5.17. The smallest absolute Gasteiger partial charge is 0.207 e. The van der Waals surface area contributed by atoms with Crippen LogP contribution in [0.5, 0.6) is 23.0 Å². The van der Waals surface area contributed by atoms with Gasteiger partial charge in [0, 0.05) is 11.1 Å². The normalized spacial score (nSPS) is 11.5. The number of hydrogen-bond acceptors (Lipinski definition) is 5. The van der Waals surface area contributed by atoms with Crippen LogP contribution in [-0.2, 0) is 11.2 Å². The summed E-state index contributed by atoms with van der Waals surface area (Å²) in [6.07, 6.45) is 4.93. The zero-order valence-corrected chi connectivity index (χ0v) is 15.3. The molecule has 0 amide bonds. The molecule has 1 rings (SSSR count). The van der Waals surface area contributed by atoms with E-state index in [1.165, 1.54) is 0 Å². The summed E-state index contributed by atoms with van der Waals surface area (Å²) >= 11 is 0. The van der Waals surface area contributed by atoms with Gasteiger partial charge in [-0.1, -0.05) is 12.2 Å². The second-order valence-electron chi connectivity index (χ2n) is 5.17. The van der Waals surface area contributed by atoms with Gasteiger partial charge in [-0.2, -0.15) is 0 Å². The summed E-state index contributed by atoms with van der Waals surface area (Å²) in [4.78, 5) is 0. The van der Waals surface area contributed by atoms with Crippen molar-refractivity contribution in [2.75, 3.05) is 35.0 Å². The van der Waals surface area contributed by atoms with Crippen LogP contribution in [0.25, 0.3) is 0 Å². The molecule has 0 aliphatic rings. The summed E-state index contributed by atoms with van der Waals surface area (Å²) in [7, 11) is 6.39. The Bertz CT molecular complexity index is 566. The van der Waals surface area contributed by atoms with Crippen molar-refractivity contribution in [2.24, 2.45) is 0 Å². The van der Waals surface area contributed by atoms with Gasteiger partial charge in [0.15, 0.2) is 11.5 Å². The van der Waals surface area contributed by atoms with Gasteiger partial charge < -0.3 is 23.7 Å². The lowest BCUT2D eigenvalue weighted by Gasteiger charge is -2.22. The van der Waals surface area contributed by atoms with Crippen LogP contribution < -0.4 is 18.9 Å². The predicted molar refractivity (Wildman–Crippen MR) is 95.8 cm³/mol. The van der Waals surface area contributed by atoms with E-state index in [-0.39, 0.29) is 6.10 Å². The average Bonchev–Trinajstić information content (AvgIpc) is 2.61. The van der Waals surface area contributed by atoms with E-state index in [9.17, 15) is 0 Å². The van der Waals surface area contributed by atoms with Crippen molar-refractivity contribution in [3.05, 3.63) is 36.4 Å². The lowest BCUT2D eigenvalue weighted by molar-refractivity contribution is 0.103. The Kier molecular flexibility index (Phi) is 8.19. The van der Waals surface area contributed by atoms with E-state index < -0.39 is 0 Å². The third-order valence-electron chi connectivity index (χ3n) is 3.87. The zero-order valence-electron chi connectivity index (χ0n) is 15.3. The van der Waals surface area contributed by atoms with Crippen LogP contribution in [0.4, 0.5) is 0 Å². The number of rotatable bonds is 11. The standard InChI is InChI=1S/C19H28O5/c1-8-12-24-14(9-2)10-11-15-13(3)16(20-4)18(22-6)19(23-7)17(15)21-5/h8-9,14H,1-2,10-12H2,3-7H3. The quantitative estimate of drug-likeness (QED) is 0.576. The van der Waals surface area contributed by atoms with E-state index in [1.807, 2.05) is 6.92 Å². The number of benzene rings is 1. The van der Waals surface area contributed by atoms with E-state index in [0.717, 1.165) is 24.0 Å². The van der Waals surface area contributed by atoms with Crippen molar-refractivity contribution in [2.45, 2.75) is 25.9 Å². The minimum atomic E-state index is -0.0637. The fraction of sp³-hybridized carbons (Fsp3) is 0.474.